The third-order valence-electron chi connectivity index (χ3n) is 4.81. The van der Waals surface area contributed by atoms with E-state index < -0.39 is 21.8 Å². The van der Waals surface area contributed by atoms with Crippen LogP contribution in [0.4, 0.5) is 4.39 Å². The van der Waals surface area contributed by atoms with E-state index in [0.29, 0.717) is 30.5 Å². The van der Waals surface area contributed by atoms with E-state index in [1.165, 1.54) is 33.1 Å². The molecule has 0 saturated carbocycles. The van der Waals surface area contributed by atoms with Gasteiger partial charge in [0.15, 0.2) is 5.58 Å². The Kier molecular flexibility index (Phi) is 3.96. The highest BCUT2D eigenvalue weighted by molar-refractivity contribution is 7.89. The highest BCUT2D eigenvalue weighted by atomic mass is 32.2. The van der Waals surface area contributed by atoms with E-state index >= 15 is 0 Å². The second-order valence-corrected chi connectivity index (χ2v) is 8.28. The maximum Gasteiger partial charge on any atom is 0.419 e. The molecule has 6 nitrogen and oxygen atoms in total. The highest BCUT2D eigenvalue weighted by Gasteiger charge is 2.36. The Bertz CT molecular complexity index is 1150. The highest BCUT2D eigenvalue weighted by Crippen LogP contribution is 2.37. The van der Waals surface area contributed by atoms with Gasteiger partial charge >= 0.3 is 5.76 Å². The molecule has 0 radical (unpaired) electrons. The Hall–Kier alpha value is -2.45. The largest absolute Gasteiger partial charge is 0.419 e. The summed E-state index contributed by atoms with van der Waals surface area (Å²) in [5.74, 6) is -0.937. The van der Waals surface area contributed by atoms with Crippen molar-refractivity contribution in [2.45, 2.75) is 23.8 Å². The van der Waals surface area contributed by atoms with Gasteiger partial charge in [0.1, 0.15) is 5.82 Å². The standard InChI is InChI=1S/C18H17FN2O4S/c1-20-16-8-7-14(11-17(16)25-18(20)22)26(23,24)21-9-3-6-15(21)12-4-2-5-13(19)10-12/h2,4-5,7-8,10-11,15H,3,6,9H2,1H3/t15-/m0/s1. The number of sulfonamides is 1. The molecule has 0 bridgehead atoms. The van der Waals surface area contributed by atoms with Crippen molar-refractivity contribution >= 4 is 21.1 Å². The predicted molar refractivity (Wildman–Crippen MR) is 93.7 cm³/mol. The first-order valence-electron chi connectivity index (χ1n) is 8.25. The Morgan fingerprint density at radius 1 is 1.19 bits per heavy atom. The summed E-state index contributed by atoms with van der Waals surface area (Å²) in [5, 5.41) is 0. The molecule has 1 saturated heterocycles. The zero-order chi connectivity index (χ0) is 18.5. The van der Waals surface area contributed by atoms with Gasteiger partial charge in [-0.05, 0) is 42.7 Å². The smallest absolute Gasteiger partial charge is 0.408 e. The zero-order valence-corrected chi connectivity index (χ0v) is 14.9. The Morgan fingerprint density at radius 2 is 2.00 bits per heavy atom. The first-order valence-corrected chi connectivity index (χ1v) is 9.69. The molecule has 0 amide bonds. The van der Waals surface area contributed by atoms with E-state index in [1.54, 1.807) is 25.2 Å². The molecule has 26 heavy (non-hydrogen) atoms. The van der Waals surface area contributed by atoms with Crippen LogP contribution in [0, 0.1) is 5.82 Å². The van der Waals surface area contributed by atoms with Crippen LogP contribution in [0.5, 0.6) is 0 Å². The van der Waals surface area contributed by atoms with Crippen molar-refractivity contribution in [3.63, 3.8) is 0 Å². The number of halogens is 1. The summed E-state index contributed by atoms with van der Waals surface area (Å²) < 4.78 is 47.7. The van der Waals surface area contributed by atoms with Crippen molar-refractivity contribution in [1.29, 1.82) is 0 Å². The molecule has 2 aromatic carbocycles. The summed E-state index contributed by atoms with van der Waals surface area (Å²) in [6.45, 7) is 0.361. The van der Waals surface area contributed by atoms with Gasteiger partial charge < -0.3 is 4.42 Å². The van der Waals surface area contributed by atoms with Crippen molar-refractivity contribution < 1.29 is 17.2 Å². The molecule has 3 aromatic rings. The number of hydrogen-bond donors (Lipinski definition) is 0. The van der Waals surface area contributed by atoms with Gasteiger partial charge in [0.2, 0.25) is 10.0 Å². The average molecular weight is 376 g/mol. The molecule has 1 atom stereocenters. The van der Waals surface area contributed by atoms with E-state index in [0.717, 1.165) is 0 Å². The average Bonchev–Trinajstić information content (AvgIpc) is 3.21. The molecule has 1 aliphatic rings. The van der Waals surface area contributed by atoms with Crippen LogP contribution < -0.4 is 5.76 Å². The van der Waals surface area contributed by atoms with E-state index in [2.05, 4.69) is 0 Å². The van der Waals surface area contributed by atoms with Crippen molar-refractivity contribution in [2.24, 2.45) is 7.05 Å². The van der Waals surface area contributed by atoms with Gasteiger partial charge in [0.05, 0.1) is 16.5 Å². The minimum absolute atomic E-state index is 0.0580. The minimum atomic E-state index is -3.80. The van der Waals surface area contributed by atoms with Crippen molar-refractivity contribution in [3.8, 4) is 0 Å². The fourth-order valence-corrected chi connectivity index (χ4v) is 5.18. The second kappa shape index (κ2) is 6.07. The Labute approximate surface area is 149 Å². The summed E-state index contributed by atoms with van der Waals surface area (Å²) in [6.07, 6.45) is 1.33. The number of aromatic nitrogens is 1. The third-order valence-corrected chi connectivity index (χ3v) is 6.71. The Balaban J connectivity index is 1.77. The van der Waals surface area contributed by atoms with E-state index in [4.69, 9.17) is 4.42 Å². The summed E-state index contributed by atoms with van der Waals surface area (Å²) in [6, 6.07) is 10.0. The van der Waals surface area contributed by atoms with Crippen LogP contribution in [-0.4, -0.2) is 23.8 Å². The lowest BCUT2D eigenvalue weighted by molar-refractivity contribution is 0.395. The molecule has 0 spiro atoms. The van der Waals surface area contributed by atoms with Crippen molar-refractivity contribution in [2.75, 3.05) is 6.54 Å². The lowest BCUT2D eigenvalue weighted by atomic mass is 10.1. The quantitative estimate of drug-likeness (QED) is 0.705. The topological polar surface area (TPSA) is 72.5 Å². The normalized spacial score (nSPS) is 18.6. The van der Waals surface area contributed by atoms with Crippen LogP contribution in [-0.2, 0) is 17.1 Å². The van der Waals surface area contributed by atoms with E-state index in [-0.39, 0.29) is 16.3 Å². The van der Waals surface area contributed by atoms with Gasteiger partial charge in [-0.2, -0.15) is 4.31 Å². The molecular weight excluding hydrogens is 359 g/mol. The summed E-state index contributed by atoms with van der Waals surface area (Å²) in [5.41, 5.74) is 1.38. The SMILES string of the molecule is Cn1c(=O)oc2cc(S(=O)(=O)N3CCC[C@H]3c3cccc(F)c3)ccc21. The molecule has 0 N–H and O–H groups in total. The summed E-state index contributed by atoms with van der Waals surface area (Å²) >= 11 is 0. The number of fused-ring (bicyclic) bond motifs is 1. The zero-order valence-electron chi connectivity index (χ0n) is 14.1. The van der Waals surface area contributed by atoms with E-state index in [9.17, 15) is 17.6 Å². The molecule has 1 aliphatic heterocycles. The summed E-state index contributed by atoms with van der Waals surface area (Å²) in [7, 11) is -2.25. The maximum absolute atomic E-state index is 13.6. The lowest BCUT2D eigenvalue weighted by Crippen LogP contribution is -2.30. The predicted octanol–water partition coefficient (Wildman–Crippen LogP) is 2.80. The molecular formula is C18H17FN2O4S. The van der Waals surface area contributed by atoms with Crippen LogP contribution >= 0.6 is 0 Å². The van der Waals surface area contributed by atoms with Crippen LogP contribution in [0.25, 0.3) is 11.1 Å². The van der Waals surface area contributed by atoms with Gasteiger partial charge in [-0.1, -0.05) is 12.1 Å². The Morgan fingerprint density at radius 3 is 2.77 bits per heavy atom. The van der Waals surface area contributed by atoms with Gasteiger partial charge in [0.25, 0.3) is 0 Å². The molecule has 1 fully saturated rings. The molecule has 136 valence electrons. The van der Waals surface area contributed by atoms with Crippen molar-refractivity contribution in [1.82, 2.24) is 8.87 Å². The fraction of sp³-hybridized carbons (Fsp3) is 0.278. The number of oxazole rings is 1. The molecule has 0 aliphatic carbocycles. The summed E-state index contributed by atoms with van der Waals surface area (Å²) in [4.78, 5) is 11.7. The molecule has 4 rings (SSSR count). The van der Waals surface area contributed by atoms with Crippen LogP contribution in [0.15, 0.2) is 56.6 Å². The number of hydrogen-bond acceptors (Lipinski definition) is 4. The van der Waals surface area contributed by atoms with Crippen LogP contribution in [0.3, 0.4) is 0 Å². The number of rotatable bonds is 3. The van der Waals surface area contributed by atoms with Gasteiger partial charge in [-0.25, -0.2) is 17.6 Å². The lowest BCUT2D eigenvalue weighted by Gasteiger charge is -2.24. The van der Waals surface area contributed by atoms with Crippen LogP contribution in [0.1, 0.15) is 24.4 Å². The fourth-order valence-electron chi connectivity index (χ4n) is 3.48. The molecule has 0 unspecified atom stereocenters. The van der Waals surface area contributed by atoms with Gasteiger partial charge in [-0.15, -0.1) is 0 Å². The second-order valence-electron chi connectivity index (χ2n) is 6.39. The van der Waals surface area contributed by atoms with Gasteiger partial charge in [0, 0.05) is 19.7 Å². The number of benzene rings is 2. The molecule has 8 heteroatoms. The first kappa shape index (κ1) is 17.0. The minimum Gasteiger partial charge on any atom is -0.408 e. The monoisotopic (exact) mass is 376 g/mol. The number of nitrogens with zero attached hydrogens (tertiary/aromatic N) is 2. The maximum atomic E-state index is 13.6. The third kappa shape index (κ3) is 2.65. The molecule has 2 heterocycles. The molecule has 1 aromatic heterocycles. The first-order chi connectivity index (χ1) is 12.4. The van der Waals surface area contributed by atoms with Crippen molar-refractivity contribution in [3.05, 3.63) is 64.4 Å². The van der Waals surface area contributed by atoms with Crippen LogP contribution in [0.2, 0.25) is 0 Å². The van der Waals surface area contributed by atoms with E-state index in [1.807, 2.05) is 0 Å². The van der Waals surface area contributed by atoms with Gasteiger partial charge in [-0.3, -0.25) is 4.57 Å². The number of aryl methyl sites for hydroxylation is 1.